The molecule has 0 saturated heterocycles. The van der Waals surface area contributed by atoms with E-state index in [4.69, 9.17) is 0 Å². The molecule has 14 heavy (non-hydrogen) atoms. The molecule has 0 spiro atoms. The van der Waals surface area contributed by atoms with Crippen LogP contribution >= 0.6 is 11.8 Å². The van der Waals surface area contributed by atoms with Gasteiger partial charge in [0.1, 0.15) is 0 Å². The first-order valence-corrected chi connectivity index (χ1v) is 6.36. The van der Waals surface area contributed by atoms with Gasteiger partial charge in [-0.05, 0) is 12.2 Å². The first-order chi connectivity index (χ1) is 6.56. The van der Waals surface area contributed by atoms with E-state index in [2.05, 4.69) is 6.92 Å². The Balaban J connectivity index is 2.99. The number of hydrogen-bond donors (Lipinski definition) is 0. The van der Waals surface area contributed by atoms with Gasteiger partial charge in [0.2, 0.25) is 0 Å². The van der Waals surface area contributed by atoms with Gasteiger partial charge in [0.05, 0.1) is 6.42 Å². The topological polar surface area (TPSA) is 0 Å². The SMILES string of the molecule is CCCCCCCSCCC(F)(F)F. The predicted molar refractivity (Wildman–Crippen MR) is 56.8 cm³/mol. The molecule has 0 radical (unpaired) electrons. The fourth-order valence-corrected chi connectivity index (χ4v) is 2.09. The van der Waals surface area contributed by atoms with Crippen LogP contribution in [0.1, 0.15) is 45.4 Å². The minimum Gasteiger partial charge on any atom is -0.171 e. The summed E-state index contributed by atoms with van der Waals surface area (Å²) in [5.74, 6) is 1.09. The number of rotatable bonds is 8. The average molecular weight is 228 g/mol. The lowest BCUT2D eigenvalue weighted by Crippen LogP contribution is -2.08. The van der Waals surface area contributed by atoms with Crippen molar-refractivity contribution in [2.75, 3.05) is 11.5 Å². The zero-order valence-electron chi connectivity index (χ0n) is 8.70. The molecule has 0 atom stereocenters. The van der Waals surface area contributed by atoms with E-state index in [-0.39, 0.29) is 5.75 Å². The van der Waals surface area contributed by atoms with Gasteiger partial charge in [0.15, 0.2) is 0 Å². The zero-order chi connectivity index (χ0) is 10.9. The molecule has 0 heterocycles. The number of unbranched alkanes of at least 4 members (excludes halogenated alkanes) is 4. The quantitative estimate of drug-likeness (QED) is 0.545. The highest BCUT2D eigenvalue weighted by atomic mass is 32.2. The minimum absolute atomic E-state index is 0.220. The Morgan fingerprint density at radius 2 is 1.57 bits per heavy atom. The summed E-state index contributed by atoms with van der Waals surface area (Å²) in [7, 11) is 0. The summed E-state index contributed by atoms with van der Waals surface area (Å²) in [5, 5.41) is 0. The van der Waals surface area contributed by atoms with Gasteiger partial charge in [0, 0.05) is 5.75 Å². The Morgan fingerprint density at radius 3 is 2.14 bits per heavy atom. The highest BCUT2D eigenvalue weighted by molar-refractivity contribution is 7.99. The second-order valence-electron chi connectivity index (χ2n) is 3.39. The summed E-state index contributed by atoms with van der Waals surface area (Å²) in [5.41, 5.74) is 0. The molecule has 0 nitrogen and oxygen atoms in total. The normalized spacial score (nSPS) is 12.0. The van der Waals surface area contributed by atoms with E-state index < -0.39 is 12.6 Å². The third-order valence-electron chi connectivity index (χ3n) is 1.92. The highest BCUT2D eigenvalue weighted by Crippen LogP contribution is 2.22. The van der Waals surface area contributed by atoms with Crippen LogP contribution in [0.25, 0.3) is 0 Å². The fourth-order valence-electron chi connectivity index (χ4n) is 1.10. The lowest BCUT2D eigenvalue weighted by Gasteiger charge is -2.05. The summed E-state index contributed by atoms with van der Waals surface area (Å²) < 4.78 is 35.2. The number of hydrogen-bond acceptors (Lipinski definition) is 1. The summed E-state index contributed by atoms with van der Waals surface area (Å²) in [4.78, 5) is 0. The molecule has 0 amide bonds. The molecule has 4 heteroatoms. The van der Waals surface area contributed by atoms with E-state index in [9.17, 15) is 13.2 Å². The second-order valence-corrected chi connectivity index (χ2v) is 4.62. The largest absolute Gasteiger partial charge is 0.389 e. The van der Waals surface area contributed by atoms with E-state index >= 15 is 0 Å². The molecule has 0 aliphatic heterocycles. The van der Waals surface area contributed by atoms with Crippen LogP contribution in [0.4, 0.5) is 13.2 Å². The van der Waals surface area contributed by atoms with Gasteiger partial charge in [-0.1, -0.05) is 32.6 Å². The van der Waals surface area contributed by atoms with Crippen molar-refractivity contribution in [3.63, 3.8) is 0 Å². The highest BCUT2D eigenvalue weighted by Gasteiger charge is 2.25. The maximum Gasteiger partial charge on any atom is 0.389 e. The Kier molecular flexibility index (Phi) is 8.53. The van der Waals surface area contributed by atoms with Crippen LogP contribution in [-0.2, 0) is 0 Å². The molecule has 0 N–H and O–H groups in total. The molecule has 0 unspecified atom stereocenters. The number of halogens is 3. The van der Waals surface area contributed by atoms with Gasteiger partial charge in [-0.25, -0.2) is 0 Å². The minimum atomic E-state index is -3.98. The molecule has 0 aromatic carbocycles. The summed E-state index contributed by atoms with van der Waals surface area (Å²) in [6.07, 6.45) is 1.27. The first kappa shape index (κ1) is 14.1. The molecule has 0 aliphatic rings. The van der Waals surface area contributed by atoms with E-state index in [0.717, 1.165) is 18.6 Å². The van der Waals surface area contributed by atoms with Crippen molar-refractivity contribution in [3.8, 4) is 0 Å². The Labute approximate surface area is 88.6 Å². The van der Waals surface area contributed by atoms with Crippen LogP contribution in [0.5, 0.6) is 0 Å². The van der Waals surface area contributed by atoms with Gasteiger partial charge >= 0.3 is 6.18 Å². The van der Waals surface area contributed by atoms with Crippen LogP contribution in [0.15, 0.2) is 0 Å². The van der Waals surface area contributed by atoms with Crippen LogP contribution in [0.2, 0.25) is 0 Å². The van der Waals surface area contributed by atoms with Crippen molar-refractivity contribution >= 4 is 11.8 Å². The van der Waals surface area contributed by atoms with E-state index in [0.29, 0.717) is 0 Å². The van der Waals surface area contributed by atoms with Crippen molar-refractivity contribution in [2.45, 2.75) is 51.6 Å². The predicted octanol–water partition coefficient (Wildman–Crippen LogP) is 4.64. The standard InChI is InChI=1S/C10H19F3S/c1-2-3-4-5-6-8-14-9-7-10(11,12)13/h2-9H2,1H3. The molecule has 0 aromatic rings. The summed E-state index contributed by atoms with van der Waals surface area (Å²) in [6.45, 7) is 2.15. The molecular formula is C10H19F3S. The van der Waals surface area contributed by atoms with Gasteiger partial charge in [-0.15, -0.1) is 0 Å². The van der Waals surface area contributed by atoms with Crippen molar-refractivity contribution in [3.05, 3.63) is 0 Å². The van der Waals surface area contributed by atoms with Gasteiger partial charge in [0.25, 0.3) is 0 Å². The lowest BCUT2D eigenvalue weighted by molar-refractivity contribution is -0.129. The molecule has 0 aliphatic carbocycles. The molecule has 0 aromatic heterocycles. The number of thioether (sulfide) groups is 1. The van der Waals surface area contributed by atoms with Gasteiger partial charge in [-0.3, -0.25) is 0 Å². The van der Waals surface area contributed by atoms with Crippen LogP contribution in [0, 0.1) is 0 Å². The summed E-state index contributed by atoms with van der Waals surface area (Å²) >= 11 is 1.42. The van der Waals surface area contributed by atoms with E-state index in [1.807, 2.05) is 0 Å². The maximum atomic E-state index is 11.7. The van der Waals surface area contributed by atoms with Crippen LogP contribution in [-0.4, -0.2) is 17.7 Å². The monoisotopic (exact) mass is 228 g/mol. The number of alkyl halides is 3. The molecule has 0 rings (SSSR count). The van der Waals surface area contributed by atoms with Gasteiger partial charge in [-0.2, -0.15) is 24.9 Å². The van der Waals surface area contributed by atoms with Crippen LogP contribution < -0.4 is 0 Å². The average Bonchev–Trinajstić information content (AvgIpc) is 2.08. The van der Waals surface area contributed by atoms with Crippen molar-refractivity contribution < 1.29 is 13.2 Å². The molecule has 0 fully saturated rings. The van der Waals surface area contributed by atoms with E-state index in [1.54, 1.807) is 0 Å². The van der Waals surface area contributed by atoms with E-state index in [1.165, 1.54) is 31.0 Å². The lowest BCUT2D eigenvalue weighted by atomic mass is 10.2. The molecule has 0 bridgehead atoms. The molecular weight excluding hydrogens is 209 g/mol. The first-order valence-electron chi connectivity index (χ1n) is 5.20. The maximum absolute atomic E-state index is 11.7. The molecule has 0 saturated carbocycles. The smallest absolute Gasteiger partial charge is 0.171 e. The molecule has 86 valence electrons. The van der Waals surface area contributed by atoms with Gasteiger partial charge < -0.3 is 0 Å². The Bertz CT molecular complexity index is 123. The van der Waals surface area contributed by atoms with Crippen molar-refractivity contribution in [1.29, 1.82) is 0 Å². The Hall–Kier alpha value is 0.140. The van der Waals surface area contributed by atoms with Crippen LogP contribution in [0.3, 0.4) is 0 Å². The van der Waals surface area contributed by atoms with Crippen molar-refractivity contribution in [1.82, 2.24) is 0 Å². The Morgan fingerprint density at radius 1 is 0.929 bits per heavy atom. The third-order valence-corrected chi connectivity index (χ3v) is 2.99. The zero-order valence-corrected chi connectivity index (χ0v) is 9.52. The second kappa shape index (κ2) is 8.45. The summed E-state index contributed by atoms with van der Waals surface area (Å²) in [6, 6.07) is 0. The fraction of sp³-hybridized carbons (Fsp3) is 1.00. The van der Waals surface area contributed by atoms with Crippen molar-refractivity contribution in [2.24, 2.45) is 0 Å². The third kappa shape index (κ3) is 12.1.